The molecule has 2 aromatic heterocycles. The number of aryl methyl sites for hydroxylation is 1. The number of furan rings is 1. The molecule has 0 bridgehead atoms. The Hall–Kier alpha value is -2.13. The van der Waals surface area contributed by atoms with Crippen LogP contribution in [-0.4, -0.2) is 11.5 Å². The highest BCUT2D eigenvalue weighted by Gasteiger charge is 2.18. The van der Waals surface area contributed by atoms with Gasteiger partial charge in [0.1, 0.15) is 5.76 Å². The van der Waals surface area contributed by atoms with Crippen LogP contribution in [0.5, 0.6) is 0 Å². The molecule has 2 heterocycles. The standard InChI is InChI=1S/C17H18N2O/c1-3-18-16(17-12(2)8-9-20-17)14-10-13-6-4-5-7-15(13)19-11-14/h4-11,16,18H,3H2,1-2H3. The monoisotopic (exact) mass is 266 g/mol. The quantitative estimate of drug-likeness (QED) is 0.779. The van der Waals surface area contributed by atoms with Crippen LogP contribution < -0.4 is 5.32 Å². The zero-order valence-electron chi connectivity index (χ0n) is 11.8. The third-order valence-corrected chi connectivity index (χ3v) is 3.52. The minimum Gasteiger partial charge on any atom is -0.467 e. The van der Waals surface area contributed by atoms with Gasteiger partial charge in [0.05, 0.1) is 17.8 Å². The second kappa shape index (κ2) is 5.47. The van der Waals surface area contributed by atoms with Gasteiger partial charge in [-0.25, -0.2) is 0 Å². The lowest BCUT2D eigenvalue weighted by Crippen LogP contribution is -2.22. The zero-order chi connectivity index (χ0) is 13.9. The van der Waals surface area contributed by atoms with Crippen molar-refractivity contribution in [2.75, 3.05) is 6.54 Å². The molecule has 0 amide bonds. The molecule has 0 aliphatic heterocycles. The van der Waals surface area contributed by atoms with Crippen LogP contribution in [0, 0.1) is 6.92 Å². The van der Waals surface area contributed by atoms with Crippen LogP contribution in [0.25, 0.3) is 10.9 Å². The van der Waals surface area contributed by atoms with Gasteiger partial charge in [-0.05, 0) is 42.8 Å². The largest absolute Gasteiger partial charge is 0.467 e. The summed E-state index contributed by atoms with van der Waals surface area (Å²) in [6, 6.07) is 12.4. The van der Waals surface area contributed by atoms with Gasteiger partial charge >= 0.3 is 0 Å². The van der Waals surface area contributed by atoms with E-state index in [4.69, 9.17) is 4.42 Å². The van der Waals surface area contributed by atoms with Crippen LogP contribution in [0.2, 0.25) is 0 Å². The van der Waals surface area contributed by atoms with Crippen LogP contribution in [0.15, 0.2) is 53.3 Å². The highest BCUT2D eigenvalue weighted by atomic mass is 16.3. The molecule has 0 aliphatic carbocycles. The molecule has 1 unspecified atom stereocenters. The Morgan fingerprint density at radius 2 is 2.10 bits per heavy atom. The van der Waals surface area contributed by atoms with Gasteiger partial charge in [0, 0.05) is 11.6 Å². The van der Waals surface area contributed by atoms with Gasteiger partial charge in [-0.3, -0.25) is 4.98 Å². The van der Waals surface area contributed by atoms with Gasteiger partial charge in [0.15, 0.2) is 0 Å². The minimum atomic E-state index is 0.0482. The van der Waals surface area contributed by atoms with Crippen molar-refractivity contribution in [1.82, 2.24) is 10.3 Å². The lowest BCUT2D eigenvalue weighted by atomic mass is 10.0. The van der Waals surface area contributed by atoms with E-state index in [1.807, 2.05) is 30.5 Å². The third kappa shape index (κ3) is 2.32. The van der Waals surface area contributed by atoms with Gasteiger partial charge in [0.25, 0.3) is 0 Å². The summed E-state index contributed by atoms with van der Waals surface area (Å²) in [6.07, 6.45) is 3.67. The smallest absolute Gasteiger partial charge is 0.128 e. The molecule has 1 aromatic carbocycles. The molecular formula is C17H18N2O. The number of aromatic nitrogens is 1. The van der Waals surface area contributed by atoms with E-state index in [1.54, 1.807) is 6.26 Å². The number of hydrogen-bond donors (Lipinski definition) is 1. The van der Waals surface area contributed by atoms with Crippen molar-refractivity contribution < 1.29 is 4.42 Å². The first-order valence-electron chi connectivity index (χ1n) is 6.91. The van der Waals surface area contributed by atoms with E-state index in [0.717, 1.165) is 34.3 Å². The van der Waals surface area contributed by atoms with E-state index < -0.39 is 0 Å². The molecule has 0 spiro atoms. The molecule has 3 rings (SSSR count). The highest BCUT2D eigenvalue weighted by molar-refractivity contribution is 5.78. The van der Waals surface area contributed by atoms with Crippen LogP contribution in [-0.2, 0) is 0 Å². The topological polar surface area (TPSA) is 38.1 Å². The Morgan fingerprint density at radius 3 is 2.85 bits per heavy atom. The summed E-state index contributed by atoms with van der Waals surface area (Å²) < 4.78 is 5.66. The van der Waals surface area contributed by atoms with E-state index in [0.29, 0.717) is 0 Å². The summed E-state index contributed by atoms with van der Waals surface area (Å²) in [5.74, 6) is 0.962. The van der Waals surface area contributed by atoms with Crippen molar-refractivity contribution in [3.05, 3.63) is 65.7 Å². The first-order valence-corrected chi connectivity index (χ1v) is 6.91. The summed E-state index contributed by atoms with van der Waals surface area (Å²) in [4.78, 5) is 4.54. The van der Waals surface area contributed by atoms with Crippen molar-refractivity contribution in [2.24, 2.45) is 0 Å². The van der Waals surface area contributed by atoms with Crippen molar-refractivity contribution >= 4 is 10.9 Å². The Kier molecular flexibility index (Phi) is 3.52. The number of rotatable bonds is 4. The Morgan fingerprint density at radius 1 is 1.25 bits per heavy atom. The van der Waals surface area contributed by atoms with Crippen molar-refractivity contribution in [3.63, 3.8) is 0 Å². The first kappa shape index (κ1) is 12.9. The number of hydrogen-bond acceptors (Lipinski definition) is 3. The maximum Gasteiger partial charge on any atom is 0.128 e. The Bertz CT molecular complexity index is 718. The van der Waals surface area contributed by atoms with Crippen LogP contribution in [0.1, 0.15) is 29.9 Å². The average molecular weight is 266 g/mol. The number of fused-ring (bicyclic) bond motifs is 1. The minimum absolute atomic E-state index is 0.0482. The predicted molar refractivity (Wildman–Crippen MR) is 80.7 cm³/mol. The number of pyridine rings is 1. The summed E-state index contributed by atoms with van der Waals surface area (Å²) >= 11 is 0. The summed E-state index contributed by atoms with van der Waals surface area (Å²) in [5.41, 5.74) is 3.30. The molecular weight excluding hydrogens is 248 g/mol. The lowest BCUT2D eigenvalue weighted by molar-refractivity contribution is 0.449. The second-order valence-corrected chi connectivity index (χ2v) is 4.92. The Balaban J connectivity index is 2.07. The van der Waals surface area contributed by atoms with Crippen LogP contribution >= 0.6 is 0 Å². The van der Waals surface area contributed by atoms with Crippen LogP contribution in [0.4, 0.5) is 0 Å². The highest BCUT2D eigenvalue weighted by Crippen LogP contribution is 2.27. The maximum absolute atomic E-state index is 5.66. The third-order valence-electron chi connectivity index (χ3n) is 3.52. The van der Waals surface area contributed by atoms with E-state index >= 15 is 0 Å². The summed E-state index contributed by atoms with van der Waals surface area (Å²) in [6.45, 7) is 5.04. The molecule has 1 N–H and O–H groups in total. The lowest BCUT2D eigenvalue weighted by Gasteiger charge is -2.17. The van der Waals surface area contributed by atoms with Gasteiger partial charge < -0.3 is 9.73 Å². The molecule has 0 saturated heterocycles. The molecule has 0 saturated carbocycles. The number of nitrogens with one attached hydrogen (secondary N) is 1. The number of para-hydroxylation sites is 1. The fourth-order valence-corrected chi connectivity index (χ4v) is 2.49. The van der Waals surface area contributed by atoms with Gasteiger partial charge in [0.2, 0.25) is 0 Å². The summed E-state index contributed by atoms with van der Waals surface area (Å²) in [7, 11) is 0. The van der Waals surface area contributed by atoms with Crippen molar-refractivity contribution in [2.45, 2.75) is 19.9 Å². The Labute approximate surface area is 118 Å². The van der Waals surface area contributed by atoms with Gasteiger partial charge in [-0.2, -0.15) is 0 Å². The molecule has 0 radical (unpaired) electrons. The molecule has 0 fully saturated rings. The molecule has 20 heavy (non-hydrogen) atoms. The van der Waals surface area contributed by atoms with E-state index in [2.05, 4.69) is 36.3 Å². The van der Waals surface area contributed by atoms with Gasteiger partial charge in [-0.15, -0.1) is 0 Å². The van der Waals surface area contributed by atoms with Crippen molar-refractivity contribution in [1.29, 1.82) is 0 Å². The van der Waals surface area contributed by atoms with E-state index in [9.17, 15) is 0 Å². The molecule has 3 heteroatoms. The van der Waals surface area contributed by atoms with Gasteiger partial charge in [-0.1, -0.05) is 25.1 Å². The zero-order valence-corrected chi connectivity index (χ0v) is 11.8. The molecule has 0 aliphatic rings. The number of benzene rings is 1. The molecule has 3 aromatic rings. The number of nitrogens with zero attached hydrogens (tertiary/aromatic N) is 1. The fourth-order valence-electron chi connectivity index (χ4n) is 2.49. The summed E-state index contributed by atoms with van der Waals surface area (Å²) in [5, 5.41) is 4.62. The SMILES string of the molecule is CCNC(c1cnc2ccccc2c1)c1occc1C. The van der Waals surface area contributed by atoms with E-state index in [1.165, 1.54) is 0 Å². The van der Waals surface area contributed by atoms with Crippen molar-refractivity contribution in [3.8, 4) is 0 Å². The normalized spacial score (nSPS) is 12.7. The van der Waals surface area contributed by atoms with Crippen LogP contribution in [0.3, 0.4) is 0 Å². The predicted octanol–water partition coefficient (Wildman–Crippen LogP) is 3.84. The average Bonchev–Trinajstić information content (AvgIpc) is 2.90. The fraction of sp³-hybridized carbons (Fsp3) is 0.235. The maximum atomic E-state index is 5.66. The molecule has 1 atom stereocenters. The van der Waals surface area contributed by atoms with E-state index in [-0.39, 0.29) is 6.04 Å². The second-order valence-electron chi connectivity index (χ2n) is 4.92. The first-order chi connectivity index (χ1) is 9.79. The molecule has 3 nitrogen and oxygen atoms in total. The molecule has 102 valence electrons.